The van der Waals surface area contributed by atoms with Crippen molar-refractivity contribution < 1.29 is 18.0 Å². The van der Waals surface area contributed by atoms with E-state index in [1.165, 1.54) is 10.6 Å². The Hall–Kier alpha value is -2.87. The number of carbonyl (C=O) groups excluding carboxylic acids is 2. The molecule has 0 aliphatic carbocycles. The van der Waals surface area contributed by atoms with Crippen LogP contribution in [0.1, 0.15) is 56.7 Å². The van der Waals surface area contributed by atoms with E-state index in [0.717, 1.165) is 23.1 Å². The first-order valence-corrected chi connectivity index (χ1v) is 14.0. The van der Waals surface area contributed by atoms with Gasteiger partial charge in [-0.15, -0.1) is 0 Å². The lowest BCUT2D eigenvalue weighted by Gasteiger charge is -2.30. The number of sulfonamides is 1. The fourth-order valence-electron chi connectivity index (χ4n) is 3.80. The summed E-state index contributed by atoms with van der Waals surface area (Å²) in [4.78, 5) is 27.7. The molecule has 0 unspecified atom stereocenters. The van der Waals surface area contributed by atoms with Gasteiger partial charge < -0.3 is 10.2 Å². The summed E-state index contributed by atoms with van der Waals surface area (Å²) < 4.78 is 26.5. The number of rotatable bonds is 12. The van der Waals surface area contributed by atoms with Gasteiger partial charge in [0.15, 0.2) is 0 Å². The summed E-state index contributed by atoms with van der Waals surface area (Å²) in [7, 11) is -3.53. The normalized spacial score (nSPS) is 13.1. The first kappa shape index (κ1) is 28.4. The molecular weight excluding hydrogens is 462 g/mol. The van der Waals surface area contributed by atoms with Crippen LogP contribution in [-0.2, 0) is 26.2 Å². The molecule has 0 aliphatic heterocycles. The van der Waals surface area contributed by atoms with Gasteiger partial charge in [0.05, 0.1) is 11.9 Å². The Labute approximate surface area is 210 Å². The number of hydrogen-bond acceptors (Lipinski definition) is 4. The second-order valence-corrected chi connectivity index (χ2v) is 11.1. The van der Waals surface area contributed by atoms with Gasteiger partial charge in [0.1, 0.15) is 6.04 Å². The van der Waals surface area contributed by atoms with Crippen LogP contribution < -0.4 is 9.62 Å². The van der Waals surface area contributed by atoms with Gasteiger partial charge in [0, 0.05) is 25.6 Å². The van der Waals surface area contributed by atoms with E-state index in [1.807, 2.05) is 76.2 Å². The zero-order valence-corrected chi connectivity index (χ0v) is 22.6. The van der Waals surface area contributed by atoms with Crippen molar-refractivity contribution >= 4 is 27.5 Å². The molecule has 0 fully saturated rings. The minimum Gasteiger partial charge on any atom is -0.352 e. The van der Waals surface area contributed by atoms with Crippen LogP contribution in [0.2, 0.25) is 0 Å². The van der Waals surface area contributed by atoms with Crippen molar-refractivity contribution in [3.63, 3.8) is 0 Å². The fourth-order valence-corrected chi connectivity index (χ4v) is 4.81. The van der Waals surface area contributed by atoms with Crippen molar-refractivity contribution in [2.45, 2.75) is 72.5 Å². The highest BCUT2D eigenvalue weighted by Crippen LogP contribution is 2.24. The van der Waals surface area contributed by atoms with Crippen LogP contribution in [0.3, 0.4) is 0 Å². The highest BCUT2D eigenvalue weighted by atomic mass is 32.2. The van der Waals surface area contributed by atoms with Crippen molar-refractivity contribution in [3.05, 3.63) is 65.2 Å². The van der Waals surface area contributed by atoms with E-state index in [9.17, 15) is 18.0 Å². The Morgan fingerprint density at radius 1 is 1.03 bits per heavy atom. The molecular formula is C27H39N3O4S. The Morgan fingerprint density at radius 2 is 1.69 bits per heavy atom. The van der Waals surface area contributed by atoms with Crippen molar-refractivity contribution in [2.75, 3.05) is 17.1 Å². The second-order valence-electron chi connectivity index (χ2n) is 9.23. The molecule has 2 aromatic rings. The molecule has 0 aromatic heterocycles. The molecule has 2 aromatic carbocycles. The number of carbonyl (C=O) groups is 2. The van der Waals surface area contributed by atoms with Crippen LogP contribution in [0.5, 0.6) is 0 Å². The van der Waals surface area contributed by atoms with E-state index in [4.69, 9.17) is 0 Å². The topological polar surface area (TPSA) is 86.8 Å². The van der Waals surface area contributed by atoms with Crippen LogP contribution in [0, 0.1) is 13.8 Å². The van der Waals surface area contributed by atoms with Crippen LogP contribution in [0.4, 0.5) is 5.69 Å². The highest BCUT2D eigenvalue weighted by molar-refractivity contribution is 7.92. The van der Waals surface area contributed by atoms with Gasteiger partial charge in [-0.2, -0.15) is 0 Å². The summed E-state index contributed by atoms with van der Waals surface area (Å²) in [6.07, 6.45) is 2.44. The van der Waals surface area contributed by atoms with E-state index >= 15 is 0 Å². The molecule has 1 N–H and O–H groups in total. The maximum absolute atomic E-state index is 13.3. The number of benzene rings is 2. The minimum absolute atomic E-state index is 0.0134. The van der Waals surface area contributed by atoms with Gasteiger partial charge >= 0.3 is 0 Å². The van der Waals surface area contributed by atoms with E-state index in [-0.39, 0.29) is 30.8 Å². The summed E-state index contributed by atoms with van der Waals surface area (Å²) in [5, 5.41) is 2.96. The lowest BCUT2D eigenvalue weighted by atomic mass is 10.1. The molecule has 35 heavy (non-hydrogen) atoms. The van der Waals surface area contributed by atoms with Crippen LogP contribution in [0.15, 0.2) is 48.5 Å². The number of anilines is 1. The summed E-state index contributed by atoms with van der Waals surface area (Å²) in [5.74, 6) is -0.383. The molecule has 0 aliphatic rings. The molecule has 2 rings (SSSR count). The molecule has 0 spiro atoms. The van der Waals surface area contributed by atoms with Crippen molar-refractivity contribution in [1.29, 1.82) is 0 Å². The maximum atomic E-state index is 13.3. The third kappa shape index (κ3) is 8.38. The van der Waals surface area contributed by atoms with Crippen LogP contribution in [0.25, 0.3) is 0 Å². The predicted molar refractivity (Wildman–Crippen MR) is 142 cm³/mol. The van der Waals surface area contributed by atoms with E-state index < -0.39 is 16.1 Å². The monoisotopic (exact) mass is 501 g/mol. The van der Waals surface area contributed by atoms with E-state index in [2.05, 4.69) is 5.32 Å². The van der Waals surface area contributed by atoms with Gasteiger partial charge in [-0.3, -0.25) is 13.9 Å². The molecule has 0 saturated carbocycles. The molecule has 8 heteroatoms. The van der Waals surface area contributed by atoms with Crippen LogP contribution in [-0.4, -0.2) is 50.0 Å². The Bertz CT molecular complexity index is 1100. The average molecular weight is 502 g/mol. The minimum atomic E-state index is -3.53. The van der Waals surface area contributed by atoms with Crippen molar-refractivity contribution in [3.8, 4) is 0 Å². The Kier molecular flexibility index (Phi) is 10.3. The average Bonchev–Trinajstić information content (AvgIpc) is 2.81. The van der Waals surface area contributed by atoms with E-state index in [1.54, 1.807) is 11.8 Å². The lowest BCUT2D eigenvalue weighted by Crippen LogP contribution is -2.49. The highest BCUT2D eigenvalue weighted by Gasteiger charge is 2.27. The SMILES string of the molecule is CC[C@H](C)NC(=O)[C@H](C)N(Cc1ccccc1)C(=O)CCCN(c1cc(C)ccc1C)S(C)(=O)=O. The van der Waals surface area contributed by atoms with Gasteiger partial charge in [0.2, 0.25) is 21.8 Å². The molecule has 0 heterocycles. The fraction of sp³-hybridized carbons (Fsp3) is 0.481. The summed E-state index contributed by atoms with van der Waals surface area (Å²) in [6, 6.07) is 14.6. The third-order valence-electron chi connectivity index (χ3n) is 6.15. The first-order chi connectivity index (χ1) is 16.4. The number of nitrogens with zero attached hydrogens (tertiary/aromatic N) is 2. The van der Waals surface area contributed by atoms with Crippen LogP contribution >= 0.6 is 0 Å². The molecule has 0 saturated heterocycles. The number of nitrogens with one attached hydrogen (secondary N) is 1. The lowest BCUT2D eigenvalue weighted by molar-refractivity contribution is -0.140. The van der Waals surface area contributed by atoms with Crippen molar-refractivity contribution in [2.24, 2.45) is 0 Å². The molecule has 2 amide bonds. The Morgan fingerprint density at radius 3 is 2.29 bits per heavy atom. The number of hydrogen-bond donors (Lipinski definition) is 1. The number of amides is 2. The largest absolute Gasteiger partial charge is 0.352 e. The summed E-state index contributed by atoms with van der Waals surface area (Å²) >= 11 is 0. The molecule has 192 valence electrons. The van der Waals surface area contributed by atoms with Gasteiger partial charge in [-0.05, 0) is 63.3 Å². The van der Waals surface area contributed by atoms with Gasteiger partial charge in [-0.1, -0.05) is 49.4 Å². The van der Waals surface area contributed by atoms with E-state index in [0.29, 0.717) is 18.7 Å². The smallest absolute Gasteiger partial charge is 0.242 e. The Balaban J connectivity index is 2.18. The molecule has 0 radical (unpaired) electrons. The third-order valence-corrected chi connectivity index (χ3v) is 7.33. The number of aryl methyl sites for hydroxylation is 2. The van der Waals surface area contributed by atoms with Gasteiger partial charge in [0.25, 0.3) is 0 Å². The summed E-state index contributed by atoms with van der Waals surface area (Å²) in [5.41, 5.74) is 3.37. The predicted octanol–water partition coefficient (Wildman–Crippen LogP) is 4.18. The molecule has 0 bridgehead atoms. The standard InChI is InChI=1S/C27H39N3O4S/c1-7-22(4)28-27(32)23(5)29(19-24-12-9-8-10-13-24)26(31)14-11-17-30(35(6,33)34)25-18-20(2)15-16-21(25)3/h8-10,12-13,15-16,18,22-23H,7,11,14,17,19H2,1-6H3,(H,28,32)/t22-,23-/m0/s1. The first-order valence-electron chi connectivity index (χ1n) is 12.1. The maximum Gasteiger partial charge on any atom is 0.242 e. The summed E-state index contributed by atoms with van der Waals surface area (Å²) in [6.45, 7) is 9.94. The quantitative estimate of drug-likeness (QED) is 0.473. The molecule has 7 nitrogen and oxygen atoms in total. The molecule has 2 atom stereocenters. The van der Waals surface area contributed by atoms with Gasteiger partial charge in [-0.25, -0.2) is 8.42 Å². The van der Waals surface area contributed by atoms with Crippen molar-refractivity contribution in [1.82, 2.24) is 10.2 Å². The zero-order chi connectivity index (χ0) is 26.2. The second kappa shape index (κ2) is 12.7. The zero-order valence-electron chi connectivity index (χ0n) is 21.7.